The Morgan fingerprint density at radius 3 is 2.43 bits per heavy atom. The van der Waals surface area contributed by atoms with Gasteiger partial charge in [0.15, 0.2) is 0 Å². The second-order valence-corrected chi connectivity index (χ2v) is 6.29. The lowest BCUT2D eigenvalue weighted by atomic mass is 9.84. The standard InChI is InChI=1S/C17H21N3O3/c1-17(2,3)15-12(9-18)14(19-16(21)20-15)11-8-10(22-4)6-7-13(11)23-5/h6-8,14H,1-5H3,(H2,19,20,21)/t14-/m0/s1. The van der Waals surface area contributed by atoms with Crippen LogP contribution in [0.2, 0.25) is 0 Å². The number of carbonyl (C=O) groups is 1. The molecule has 1 aliphatic rings. The summed E-state index contributed by atoms with van der Waals surface area (Å²) in [6.07, 6.45) is 0. The van der Waals surface area contributed by atoms with Crippen LogP contribution in [0.5, 0.6) is 11.5 Å². The van der Waals surface area contributed by atoms with E-state index in [9.17, 15) is 10.1 Å². The SMILES string of the molecule is COc1ccc(OC)c([C@@H]2NC(=O)NC(C(C)(C)C)=C2C#N)c1. The molecule has 1 aromatic rings. The third-order valence-corrected chi connectivity index (χ3v) is 3.69. The lowest BCUT2D eigenvalue weighted by Gasteiger charge is -2.33. The first-order valence-corrected chi connectivity index (χ1v) is 7.26. The molecule has 1 aromatic carbocycles. The van der Waals surface area contributed by atoms with Gasteiger partial charge in [0.2, 0.25) is 0 Å². The fourth-order valence-corrected chi connectivity index (χ4v) is 2.57. The van der Waals surface area contributed by atoms with Crippen LogP contribution in [0.1, 0.15) is 32.4 Å². The minimum atomic E-state index is -0.590. The van der Waals surface area contributed by atoms with E-state index >= 15 is 0 Å². The zero-order valence-electron chi connectivity index (χ0n) is 14.0. The molecule has 2 rings (SSSR count). The molecule has 0 spiro atoms. The lowest BCUT2D eigenvalue weighted by molar-refractivity contribution is 0.234. The van der Waals surface area contributed by atoms with Gasteiger partial charge in [-0.15, -0.1) is 0 Å². The molecule has 0 saturated carbocycles. The van der Waals surface area contributed by atoms with Crippen molar-refractivity contribution in [3.63, 3.8) is 0 Å². The highest BCUT2D eigenvalue weighted by atomic mass is 16.5. The number of carbonyl (C=O) groups excluding carboxylic acids is 1. The van der Waals surface area contributed by atoms with Crippen molar-refractivity contribution in [3.8, 4) is 17.6 Å². The normalized spacial score (nSPS) is 17.9. The number of urea groups is 1. The molecule has 0 radical (unpaired) electrons. The Hall–Kier alpha value is -2.68. The topological polar surface area (TPSA) is 83.4 Å². The van der Waals surface area contributed by atoms with Crippen molar-refractivity contribution in [2.24, 2.45) is 5.41 Å². The van der Waals surface area contributed by atoms with E-state index in [2.05, 4.69) is 16.7 Å². The number of allylic oxidation sites excluding steroid dienone is 1. The molecule has 1 atom stereocenters. The third kappa shape index (κ3) is 3.24. The second kappa shape index (κ2) is 6.21. The summed E-state index contributed by atoms with van der Waals surface area (Å²) in [5.74, 6) is 1.21. The summed E-state index contributed by atoms with van der Waals surface area (Å²) in [4.78, 5) is 12.1. The molecule has 2 amide bonds. The highest BCUT2D eigenvalue weighted by molar-refractivity contribution is 5.80. The second-order valence-electron chi connectivity index (χ2n) is 6.29. The number of hydrogen-bond acceptors (Lipinski definition) is 4. The van der Waals surface area contributed by atoms with Crippen LogP contribution in [-0.4, -0.2) is 20.3 Å². The minimum Gasteiger partial charge on any atom is -0.497 e. The van der Waals surface area contributed by atoms with Gasteiger partial charge >= 0.3 is 6.03 Å². The Balaban J connectivity index is 2.66. The van der Waals surface area contributed by atoms with Crippen LogP contribution >= 0.6 is 0 Å². The van der Waals surface area contributed by atoms with Crippen LogP contribution in [0, 0.1) is 16.7 Å². The number of nitrogens with zero attached hydrogens (tertiary/aromatic N) is 1. The zero-order valence-corrected chi connectivity index (χ0v) is 14.0. The largest absolute Gasteiger partial charge is 0.497 e. The fraction of sp³-hybridized carbons (Fsp3) is 0.412. The van der Waals surface area contributed by atoms with Crippen molar-refractivity contribution in [3.05, 3.63) is 35.0 Å². The van der Waals surface area contributed by atoms with E-state index < -0.39 is 6.04 Å². The van der Waals surface area contributed by atoms with Gasteiger partial charge in [-0.1, -0.05) is 20.8 Å². The summed E-state index contributed by atoms with van der Waals surface area (Å²) in [6.45, 7) is 5.85. The van der Waals surface area contributed by atoms with E-state index in [0.717, 1.165) is 0 Å². The van der Waals surface area contributed by atoms with E-state index in [1.54, 1.807) is 32.4 Å². The number of methoxy groups -OCH3 is 2. The maximum atomic E-state index is 12.1. The van der Waals surface area contributed by atoms with Crippen LogP contribution in [0.25, 0.3) is 0 Å². The van der Waals surface area contributed by atoms with E-state index in [-0.39, 0.29) is 11.4 Å². The van der Waals surface area contributed by atoms with Gasteiger partial charge < -0.3 is 20.1 Å². The van der Waals surface area contributed by atoms with Gasteiger partial charge in [-0.2, -0.15) is 5.26 Å². The Morgan fingerprint density at radius 1 is 1.22 bits per heavy atom. The van der Waals surface area contributed by atoms with Crippen LogP contribution in [0.3, 0.4) is 0 Å². The number of nitriles is 1. The first-order valence-electron chi connectivity index (χ1n) is 7.26. The van der Waals surface area contributed by atoms with E-state index in [0.29, 0.717) is 28.3 Å². The monoisotopic (exact) mass is 315 g/mol. The molecular formula is C17H21N3O3. The minimum absolute atomic E-state index is 0.344. The van der Waals surface area contributed by atoms with Crippen LogP contribution in [0.15, 0.2) is 29.5 Å². The quantitative estimate of drug-likeness (QED) is 0.898. The molecule has 1 heterocycles. The van der Waals surface area contributed by atoms with Gasteiger partial charge in [0, 0.05) is 16.7 Å². The number of amides is 2. The molecule has 23 heavy (non-hydrogen) atoms. The first-order chi connectivity index (χ1) is 10.8. The molecule has 0 saturated heterocycles. The van der Waals surface area contributed by atoms with Gasteiger partial charge in [0.1, 0.15) is 11.5 Å². The number of ether oxygens (including phenoxy) is 2. The van der Waals surface area contributed by atoms with Crippen molar-refractivity contribution in [2.75, 3.05) is 14.2 Å². The first kappa shape index (κ1) is 16.7. The number of benzene rings is 1. The summed E-state index contributed by atoms with van der Waals surface area (Å²) in [5.41, 5.74) is 1.38. The maximum Gasteiger partial charge on any atom is 0.319 e. The van der Waals surface area contributed by atoms with E-state index in [4.69, 9.17) is 9.47 Å². The molecule has 0 unspecified atom stereocenters. The lowest BCUT2D eigenvalue weighted by Crippen LogP contribution is -2.46. The molecule has 0 fully saturated rings. The highest BCUT2D eigenvalue weighted by Crippen LogP contribution is 2.38. The third-order valence-electron chi connectivity index (χ3n) is 3.69. The summed E-state index contributed by atoms with van der Waals surface area (Å²) in [5, 5.41) is 15.2. The molecule has 6 nitrogen and oxygen atoms in total. The maximum absolute atomic E-state index is 12.1. The van der Waals surface area contributed by atoms with Crippen molar-refractivity contribution < 1.29 is 14.3 Å². The van der Waals surface area contributed by atoms with Crippen molar-refractivity contribution in [2.45, 2.75) is 26.8 Å². The van der Waals surface area contributed by atoms with E-state index in [1.165, 1.54) is 0 Å². The highest BCUT2D eigenvalue weighted by Gasteiger charge is 2.35. The summed E-state index contributed by atoms with van der Waals surface area (Å²) in [7, 11) is 3.11. The Labute approximate surface area is 136 Å². The van der Waals surface area contributed by atoms with Crippen LogP contribution in [-0.2, 0) is 0 Å². The van der Waals surface area contributed by atoms with Gasteiger partial charge in [0.05, 0.1) is 31.9 Å². The molecule has 1 aliphatic heterocycles. The van der Waals surface area contributed by atoms with Crippen LogP contribution < -0.4 is 20.1 Å². The predicted molar refractivity (Wildman–Crippen MR) is 86.0 cm³/mol. The Kier molecular flexibility index (Phi) is 4.50. The van der Waals surface area contributed by atoms with Crippen molar-refractivity contribution in [1.29, 1.82) is 5.26 Å². The average molecular weight is 315 g/mol. The molecular weight excluding hydrogens is 294 g/mol. The molecule has 0 bridgehead atoms. The fourth-order valence-electron chi connectivity index (χ4n) is 2.57. The molecule has 2 N–H and O–H groups in total. The van der Waals surface area contributed by atoms with Gasteiger partial charge in [-0.05, 0) is 18.2 Å². The Bertz CT molecular complexity index is 696. The summed E-state index contributed by atoms with van der Waals surface area (Å²) >= 11 is 0. The van der Waals surface area contributed by atoms with Crippen molar-refractivity contribution in [1.82, 2.24) is 10.6 Å². The predicted octanol–water partition coefficient (Wildman–Crippen LogP) is 2.88. The summed E-state index contributed by atoms with van der Waals surface area (Å²) in [6, 6.07) is 6.59. The molecule has 0 aliphatic carbocycles. The number of nitrogens with one attached hydrogen (secondary N) is 2. The Morgan fingerprint density at radius 2 is 1.91 bits per heavy atom. The zero-order chi connectivity index (χ0) is 17.2. The molecule has 6 heteroatoms. The van der Waals surface area contributed by atoms with Gasteiger partial charge in [0.25, 0.3) is 0 Å². The smallest absolute Gasteiger partial charge is 0.319 e. The van der Waals surface area contributed by atoms with Gasteiger partial charge in [-0.3, -0.25) is 0 Å². The molecule has 0 aromatic heterocycles. The summed E-state index contributed by atoms with van der Waals surface area (Å²) < 4.78 is 10.6. The van der Waals surface area contributed by atoms with E-state index in [1.807, 2.05) is 20.8 Å². The average Bonchev–Trinajstić information content (AvgIpc) is 2.52. The van der Waals surface area contributed by atoms with Crippen molar-refractivity contribution >= 4 is 6.03 Å². The van der Waals surface area contributed by atoms with Crippen LogP contribution in [0.4, 0.5) is 4.79 Å². The number of hydrogen-bond donors (Lipinski definition) is 2. The number of rotatable bonds is 3. The van der Waals surface area contributed by atoms with Gasteiger partial charge in [-0.25, -0.2) is 4.79 Å². The molecule has 122 valence electrons.